The third kappa shape index (κ3) is 2.52. The zero-order chi connectivity index (χ0) is 11.4. The van der Waals surface area contributed by atoms with E-state index >= 15 is 0 Å². The van der Waals surface area contributed by atoms with Gasteiger partial charge in [0.15, 0.2) is 0 Å². The van der Waals surface area contributed by atoms with Gasteiger partial charge in [-0.1, -0.05) is 0 Å². The van der Waals surface area contributed by atoms with Crippen LogP contribution in [0.4, 0.5) is 10.1 Å². The van der Waals surface area contributed by atoms with Crippen LogP contribution in [0.2, 0.25) is 0 Å². The fourth-order valence-electron chi connectivity index (χ4n) is 1.19. The van der Waals surface area contributed by atoms with Crippen LogP contribution < -0.4 is 0 Å². The van der Waals surface area contributed by atoms with Crippen molar-refractivity contribution in [2.75, 3.05) is 6.67 Å². The summed E-state index contributed by atoms with van der Waals surface area (Å²) < 4.78 is 13.0. The molecule has 82 valence electrons. The number of carbonyl (C=O) groups is 1. The third-order valence-electron chi connectivity index (χ3n) is 1.84. The van der Waals surface area contributed by atoms with Gasteiger partial charge in [-0.25, -0.2) is 4.79 Å². The number of alkyl halides is 1. The fourth-order valence-corrected chi connectivity index (χ4v) is 1.19. The van der Waals surface area contributed by atoms with Crippen molar-refractivity contribution in [1.29, 1.82) is 0 Å². The summed E-state index contributed by atoms with van der Waals surface area (Å²) in [5.74, 6) is -1.26. The molecule has 0 unspecified atom stereocenters. The van der Waals surface area contributed by atoms with E-state index in [0.717, 1.165) is 12.3 Å². The maximum absolute atomic E-state index is 11.9. The van der Waals surface area contributed by atoms with Crippen LogP contribution in [0.1, 0.15) is 16.9 Å². The number of aromatic carboxylic acids is 1. The standard InChI is InChI=1S/C8H9FN2O4/c9-2-1-3-10-5-6(11(14)15)4-7(10)8(12)13/h4-5H,1-3H2,(H,12,13). The van der Waals surface area contributed by atoms with Crippen LogP contribution in [-0.2, 0) is 6.54 Å². The molecular weight excluding hydrogens is 207 g/mol. The lowest BCUT2D eigenvalue weighted by atomic mass is 10.4. The van der Waals surface area contributed by atoms with Crippen molar-refractivity contribution in [3.05, 3.63) is 28.1 Å². The molecule has 1 heterocycles. The van der Waals surface area contributed by atoms with Gasteiger partial charge in [0, 0.05) is 12.6 Å². The van der Waals surface area contributed by atoms with E-state index in [4.69, 9.17) is 5.11 Å². The second-order valence-electron chi connectivity index (χ2n) is 2.88. The molecule has 1 aromatic heterocycles. The number of nitrogens with zero attached hydrogens (tertiary/aromatic N) is 2. The SMILES string of the molecule is O=C(O)c1cc([N+](=O)[O-])cn1CCCF. The molecule has 0 radical (unpaired) electrons. The number of hydrogen-bond acceptors (Lipinski definition) is 3. The van der Waals surface area contributed by atoms with Crippen LogP contribution in [0.15, 0.2) is 12.3 Å². The quantitative estimate of drug-likeness (QED) is 0.596. The molecule has 0 atom stereocenters. The van der Waals surface area contributed by atoms with E-state index in [1.807, 2.05) is 0 Å². The predicted molar refractivity (Wildman–Crippen MR) is 48.6 cm³/mol. The van der Waals surface area contributed by atoms with E-state index in [9.17, 15) is 19.3 Å². The highest BCUT2D eigenvalue weighted by atomic mass is 19.1. The van der Waals surface area contributed by atoms with Crippen molar-refractivity contribution in [1.82, 2.24) is 4.57 Å². The van der Waals surface area contributed by atoms with Crippen LogP contribution in [0.3, 0.4) is 0 Å². The molecule has 6 nitrogen and oxygen atoms in total. The Balaban J connectivity index is 3.00. The summed E-state index contributed by atoms with van der Waals surface area (Å²) >= 11 is 0. The maximum atomic E-state index is 11.9. The van der Waals surface area contributed by atoms with Crippen molar-refractivity contribution in [3.8, 4) is 0 Å². The molecule has 1 N–H and O–H groups in total. The van der Waals surface area contributed by atoms with Gasteiger partial charge in [-0.2, -0.15) is 0 Å². The number of carboxylic acids is 1. The second kappa shape index (κ2) is 4.54. The Hall–Kier alpha value is -1.92. The zero-order valence-electron chi connectivity index (χ0n) is 7.72. The van der Waals surface area contributed by atoms with E-state index in [-0.39, 0.29) is 24.3 Å². The smallest absolute Gasteiger partial charge is 0.352 e. The third-order valence-corrected chi connectivity index (χ3v) is 1.84. The van der Waals surface area contributed by atoms with E-state index in [1.165, 1.54) is 4.57 Å². The molecule has 1 rings (SSSR count). The van der Waals surface area contributed by atoms with Gasteiger partial charge in [0.2, 0.25) is 0 Å². The summed E-state index contributed by atoms with van der Waals surface area (Å²) in [6.07, 6.45) is 1.23. The minimum Gasteiger partial charge on any atom is -0.477 e. The van der Waals surface area contributed by atoms with Crippen LogP contribution in [0, 0.1) is 10.1 Å². The summed E-state index contributed by atoms with van der Waals surface area (Å²) in [6.45, 7) is -0.475. The number of halogens is 1. The molecule has 7 heteroatoms. The summed E-state index contributed by atoms with van der Waals surface area (Å²) in [6, 6.07) is 0.959. The average molecular weight is 216 g/mol. The van der Waals surface area contributed by atoms with Gasteiger partial charge in [0.1, 0.15) is 5.69 Å². The fraction of sp³-hybridized carbons (Fsp3) is 0.375. The largest absolute Gasteiger partial charge is 0.477 e. The monoisotopic (exact) mass is 216 g/mol. The van der Waals surface area contributed by atoms with E-state index in [2.05, 4.69) is 0 Å². The topological polar surface area (TPSA) is 85.4 Å². The van der Waals surface area contributed by atoms with Gasteiger partial charge in [0.05, 0.1) is 17.8 Å². The Bertz CT molecular complexity index is 388. The van der Waals surface area contributed by atoms with Gasteiger partial charge in [0.25, 0.3) is 5.69 Å². The van der Waals surface area contributed by atoms with Crippen molar-refractivity contribution < 1.29 is 19.2 Å². The Kier molecular flexibility index (Phi) is 3.37. The first-order valence-corrected chi connectivity index (χ1v) is 4.20. The minimum absolute atomic E-state index is 0.117. The van der Waals surface area contributed by atoms with Gasteiger partial charge in [-0.05, 0) is 6.42 Å². The average Bonchev–Trinajstić information content (AvgIpc) is 2.58. The van der Waals surface area contributed by atoms with Crippen LogP contribution in [-0.4, -0.2) is 27.2 Å². The first kappa shape index (κ1) is 11.2. The lowest BCUT2D eigenvalue weighted by Gasteiger charge is -2.02. The van der Waals surface area contributed by atoms with Gasteiger partial charge in [-0.3, -0.25) is 14.5 Å². The highest BCUT2D eigenvalue weighted by molar-refractivity contribution is 5.86. The lowest BCUT2D eigenvalue weighted by molar-refractivity contribution is -0.384. The molecule has 0 aliphatic carbocycles. The Labute approximate surface area is 84.1 Å². The van der Waals surface area contributed by atoms with Gasteiger partial charge in [-0.15, -0.1) is 0 Å². The lowest BCUT2D eigenvalue weighted by Crippen LogP contribution is -2.07. The minimum atomic E-state index is -1.26. The van der Waals surface area contributed by atoms with Crippen molar-refractivity contribution in [2.24, 2.45) is 0 Å². The van der Waals surface area contributed by atoms with Crippen LogP contribution in [0.25, 0.3) is 0 Å². The molecule has 0 saturated carbocycles. The van der Waals surface area contributed by atoms with Crippen LogP contribution in [0.5, 0.6) is 0 Å². The molecule has 1 aromatic rings. The highest BCUT2D eigenvalue weighted by Crippen LogP contribution is 2.16. The van der Waals surface area contributed by atoms with Gasteiger partial charge < -0.3 is 9.67 Å². The summed E-state index contributed by atoms with van der Waals surface area (Å²) in [7, 11) is 0. The zero-order valence-corrected chi connectivity index (χ0v) is 7.72. The normalized spacial score (nSPS) is 10.2. The number of hydrogen-bond donors (Lipinski definition) is 1. The molecule has 0 spiro atoms. The summed E-state index contributed by atoms with van der Waals surface area (Å²) in [5, 5.41) is 19.1. The first-order valence-electron chi connectivity index (χ1n) is 4.20. The summed E-state index contributed by atoms with van der Waals surface area (Å²) in [5.41, 5.74) is -0.499. The van der Waals surface area contributed by atoms with E-state index in [1.54, 1.807) is 0 Å². The van der Waals surface area contributed by atoms with Crippen LogP contribution >= 0.6 is 0 Å². The summed E-state index contributed by atoms with van der Waals surface area (Å²) in [4.78, 5) is 20.4. The predicted octanol–water partition coefficient (Wildman–Crippen LogP) is 1.45. The number of aryl methyl sites for hydroxylation is 1. The van der Waals surface area contributed by atoms with E-state index < -0.39 is 17.6 Å². The molecule has 0 aliphatic rings. The van der Waals surface area contributed by atoms with Crippen molar-refractivity contribution in [2.45, 2.75) is 13.0 Å². The maximum Gasteiger partial charge on any atom is 0.352 e. The van der Waals surface area contributed by atoms with Crippen molar-refractivity contribution in [3.63, 3.8) is 0 Å². The number of nitro groups is 1. The molecule has 0 amide bonds. The molecule has 0 aromatic carbocycles. The van der Waals surface area contributed by atoms with Gasteiger partial charge >= 0.3 is 5.97 Å². The molecule has 0 bridgehead atoms. The molecule has 0 fully saturated rings. The second-order valence-corrected chi connectivity index (χ2v) is 2.88. The molecular formula is C8H9FN2O4. The number of rotatable bonds is 5. The molecule has 0 aliphatic heterocycles. The molecule has 0 saturated heterocycles. The number of carboxylic acid groups (broad SMARTS) is 1. The van der Waals surface area contributed by atoms with Crippen molar-refractivity contribution >= 4 is 11.7 Å². The Morgan fingerprint density at radius 1 is 1.67 bits per heavy atom. The molecule has 15 heavy (non-hydrogen) atoms. The number of aromatic nitrogens is 1. The Morgan fingerprint density at radius 3 is 2.80 bits per heavy atom. The van der Waals surface area contributed by atoms with E-state index in [0.29, 0.717) is 0 Å². The highest BCUT2D eigenvalue weighted by Gasteiger charge is 2.18. The Morgan fingerprint density at radius 2 is 2.33 bits per heavy atom. The first-order chi connectivity index (χ1) is 7.06.